The molecule has 0 aliphatic rings. The van der Waals surface area contributed by atoms with E-state index < -0.39 is 0 Å². The monoisotopic (exact) mass is 216 g/mol. The minimum atomic E-state index is 0.0635. The Morgan fingerprint density at radius 2 is 2.00 bits per heavy atom. The lowest BCUT2D eigenvalue weighted by molar-refractivity contribution is -0.121. The Bertz CT molecular complexity index is 174. The van der Waals surface area contributed by atoms with Crippen LogP contribution in [0, 0.1) is 0 Å². The smallest absolute Gasteiger partial charge is 0.234 e. The highest BCUT2D eigenvalue weighted by molar-refractivity contribution is 5.78. The molecular formula is C11H24N2O2. The Kier molecular flexibility index (Phi) is 8.33. The molecule has 0 heterocycles. The van der Waals surface area contributed by atoms with Gasteiger partial charge in [0.25, 0.3) is 0 Å². The number of carbonyl (C=O) groups is 1. The molecule has 90 valence electrons. The molecule has 0 aromatic rings. The summed E-state index contributed by atoms with van der Waals surface area (Å²) in [6, 6.07) is 0.571. The van der Waals surface area contributed by atoms with Crippen molar-refractivity contribution in [3.8, 4) is 0 Å². The summed E-state index contributed by atoms with van der Waals surface area (Å²) in [5.41, 5.74) is 0. The topological polar surface area (TPSA) is 50.4 Å². The van der Waals surface area contributed by atoms with E-state index in [1.165, 1.54) is 0 Å². The Labute approximate surface area is 92.8 Å². The van der Waals surface area contributed by atoms with E-state index in [0.717, 1.165) is 19.4 Å². The van der Waals surface area contributed by atoms with Crippen LogP contribution in [0.15, 0.2) is 0 Å². The summed E-state index contributed by atoms with van der Waals surface area (Å²) < 4.78 is 4.96. The third-order valence-electron chi connectivity index (χ3n) is 2.39. The van der Waals surface area contributed by atoms with E-state index in [1.54, 1.807) is 7.11 Å². The zero-order chi connectivity index (χ0) is 11.7. The Hall–Kier alpha value is -0.610. The van der Waals surface area contributed by atoms with Crippen LogP contribution in [0.3, 0.4) is 0 Å². The van der Waals surface area contributed by atoms with Crippen molar-refractivity contribution in [3.05, 3.63) is 0 Å². The molecule has 0 aliphatic heterocycles. The van der Waals surface area contributed by atoms with Crippen LogP contribution in [0.2, 0.25) is 0 Å². The SMILES string of the molecule is CCC(C)NC(=O)CNC(C)CCOC. The molecule has 1 amide bonds. The molecule has 0 aliphatic carbocycles. The molecule has 2 atom stereocenters. The highest BCUT2D eigenvalue weighted by atomic mass is 16.5. The molecule has 0 aromatic heterocycles. The maximum Gasteiger partial charge on any atom is 0.234 e. The van der Waals surface area contributed by atoms with Crippen LogP contribution in [0.4, 0.5) is 0 Å². The molecule has 2 unspecified atom stereocenters. The second kappa shape index (κ2) is 8.68. The first-order valence-corrected chi connectivity index (χ1v) is 5.61. The molecule has 0 aromatic carbocycles. The molecule has 4 heteroatoms. The van der Waals surface area contributed by atoms with Gasteiger partial charge in [-0.25, -0.2) is 0 Å². The van der Waals surface area contributed by atoms with Gasteiger partial charge in [0.2, 0.25) is 5.91 Å². The van der Waals surface area contributed by atoms with Gasteiger partial charge in [-0.05, 0) is 26.7 Å². The Balaban J connectivity index is 3.52. The van der Waals surface area contributed by atoms with E-state index in [0.29, 0.717) is 12.6 Å². The number of methoxy groups -OCH3 is 1. The van der Waals surface area contributed by atoms with Gasteiger partial charge in [0.1, 0.15) is 0 Å². The van der Waals surface area contributed by atoms with Crippen molar-refractivity contribution >= 4 is 5.91 Å². The molecule has 0 spiro atoms. The molecule has 0 radical (unpaired) electrons. The number of rotatable bonds is 8. The number of hydrogen-bond donors (Lipinski definition) is 2. The Morgan fingerprint density at radius 1 is 1.33 bits per heavy atom. The van der Waals surface area contributed by atoms with Crippen LogP contribution in [-0.4, -0.2) is 38.3 Å². The van der Waals surface area contributed by atoms with E-state index in [-0.39, 0.29) is 11.9 Å². The van der Waals surface area contributed by atoms with Crippen LogP contribution >= 0.6 is 0 Å². The average molecular weight is 216 g/mol. The predicted octanol–water partition coefficient (Wildman–Crippen LogP) is 0.916. The zero-order valence-corrected chi connectivity index (χ0v) is 10.3. The summed E-state index contributed by atoms with van der Waals surface area (Å²) in [4.78, 5) is 11.4. The lowest BCUT2D eigenvalue weighted by Gasteiger charge is -2.15. The van der Waals surface area contributed by atoms with Gasteiger partial charge in [-0.1, -0.05) is 6.92 Å². The summed E-state index contributed by atoms with van der Waals surface area (Å²) in [5, 5.41) is 6.06. The summed E-state index contributed by atoms with van der Waals surface area (Å²) in [6.07, 6.45) is 1.89. The lowest BCUT2D eigenvalue weighted by Crippen LogP contribution is -2.41. The van der Waals surface area contributed by atoms with Crippen LogP contribution in [0.5, 0.6) is 0 Å². The van der Waals surface area contributed by atoms with Gasteiger partial charge in [0.15, 0.2) is 0 Å². The van der Waals surface area contributed by atoms with Crippen LogP contribution in [0.25, 0.3) is 0 Å². The largest absolute Gasteiger partial charge is 0.385 e. The first-order valence-electron chi connectivity index (χ1n) is 5.61. The van der Waals surface area contributed by atoms with Crippen molar-refractivity contribution in [2.45, 2.75) is 45.7 Å². The summed E-state index contributed by atoms with van der Waals surface area (Å²) in [7, 11) is 1.68. The van der Waals surface area contributed by atoms with Crippen LogP contribution in [0.1, 0.15) is 33.6 Å². The number of carbonyl (C=O) groups excluding carboxylic acids is 1. The lowest BCUT2D eigenvalue weighted by atomic mass is 10.2. The highest BCUT2D eigenvalue weighted by Crippen LogP contribution is 1.90. The van der Waals surface area contributed by atoms with Gasteiger partial charge in [-0.3, -0.25) is 4.79 Å². The van der Waals surface area contributed by atoms with Gasteiger partial charge in [-0.15, -0.1) is 0 Å². The average Bonchev–Trinajstić information content (AvgIpc) is 2.23. The molecule has 0 saturated heterocycles. The fraction of sp³-hybridized carbons (Fsp3) is 0.909. The van der Waals surface area contributed by atoms with E-state index in [2.05, 4.69) is 24.5 Å². The summed E-state index contributed by atoms with van der Waals surface area (Å²) in [5.74, 6) is 0.0635. The van der Waals surface area contributed by atoms with Crippen molar-refractivity contribution in [2.24, 2.45) is 0 Å². The minimum absolute atomic E-state index is 0.0635. The van der Waals surface area contributed by atoms with Crippen molar-refractivity contribution in [2.75, 3.05) is 20.3 Å². The maximum absolute atomic E-state index is 11.4. The van der Waals surface area contributed by atoms with Gasteiger partial charge in [-0.2, -0.15) is 0 Å². The van der Waals surface area contributed by atoms with Crippen LogP contribution < -0.4 is 10.6 Å². The molecule has 0 rings (SSSR count). The Morgan fingerprint density at radius 3 is 2.53 bits per heavy atom. The van der Waals surface area contributed by atoms with Gasteiger partial charge >= 0.3 is 0 Å². The second-order valence-corrected chi connectivity index (χ2v) is 3.94. The van der Waals surface area contributed by atoms with E-state index in [9.17, 15) is 4.79 Å². The number of nitrogens with one attached hydrogen (secondary N) is 2. The van der Waals surface area contributed by atoms with Crippen molar-refractivity contribution in [1.29, 1.82) is 0 Å². The predicted molar refractivity (Wildman–Crippen MR) is 61.9 cm³/mol. The first kappa shape index (κ1) is 14.4. The zero-order valence-electron chi connectivity index (χ0n) is 10.3. The third-order valence-corrected chi connectivity index (χ3v) is 2.39. The van der Waals surface area contributed by atoms with Crippen molar-refractivity contribution in [3.63, 3.8) is 0 Å². The molecular weight excluding hydrogens is 192 g/mol. The number of hydrogen-bond acceptors (Lipinski definition) is 3. The number of amides is 1. The first-order chi connectivity index (χ1) is 7.10. The molecule has 4 nitrogen and oxygen atoms in total. The fourth-order valence-corrected chi connectivity index (χ4v) is 1.09. The van der Waals surface area contributed by atoms with Gasteiger partial charge in [0.05, 0.1) is 6.54 Å². The standard InChI is InChI=1S/C11H24N2O2/c1-5-9(2)13-11(14)8-12-10(3)6-7-15-4/h9-10,12H,5-8H2,1-4H3,(H,13,14). The molecule has 0 bridgehead atoms. The van der Waals surface area contributed by atoms with Gasteiger partial charge in [0, 0.05) is 25.8 Å². The van der Waals surface area contributed by atoms with E-state index in [4.69, 9.17) is 4.74 Å². The third kappa shape index (κ3) is 8.39. The van der Waals surface area contributed by atoms with Crippen molar-refractivity contribution in [1.82, 2.24) is 10.6 Å². The van der Waals surface area contributed by atoms with Crippen molar-refractivity contribution < 1.29 is 9.53 Å². The number of ether oxygens (including phenoxy) is 1. The highest BCUT2D eigenvalue weighted by Gasteiger charge is 2.07. The van der Waals surface area contributed by atoms with Gasteiger partial charge < -0.3 is 15.4 Å². The van der Waals surface area contributed by atoms with E-state index in [1.807, 2.05) is 6.92 Å². The second-order valence-electron chi connectivity index (χ2n) is 3.94. The molecule has 2 N–H and O–H groups in total. The normalized spacial score (nSPS) is 14.7. The summed E-state index contributed by atoms with van der Waals surface area (Å²) >= 11 is 0. The quantitative estimate of drug-likeness (QED) is 0.634. The summed E-state index contributed by atoms with van der Waals surface area (Å²) in [6.45, 7) is 7.22. The molecule has 0 saturated carbocycles. The fourth-order valence-electron chi connectivity index (χ4n) is 1.09. The minimum Gasteiger partial charge on any atom is -0.385 e. The molecule has 15 heavy (non-hydrogen) atoms. The maximum atomic E-state index is 11.4. The molecule has 0 fully saturated rings. The van der Waals surface area contributed by atoms with E-state index >= 15 is 0 Å². The van der Waals surface area contributed by atoms with Crippen LogP contribution in [-0.2, 0) is 9.53 Å².